The number of rotatable bonds is 2. The molecule has 0 aliphatic carbocycles. The van der Waals surface area contributed by atoms with Gasteiger partial charge in [0.2, 0.25) is 0 Å². The molecule has 16 heavy (non-hydrogen) atoms. The third-order valence-corrected chi connectivity index (χ3v) is 2.47. The fraction of sp³-hybridized carbons (Fsp3) is 0.364. The summed E-state index contributed by atoms with van der Waals surface area (Å²) < 4.78 is 15.1. The Kier molecular flexibility index (Phi) is 2.68. The van der Waals surface area contributed by atoms with Gasteiger partial charge in [0.05, 0.1) is 5.69 Å². The van der Waals surface area contributed by atoms with Crippen molar-refractivity contribution < 1.29 is 4.39 Å². The average Bonchev–Trinajstić information content (AvgIpc) is 2.65. The SMILES string of the molecule is Cc1nnnn1-c1ccc(F)c(C(C)C)c1. The average molecular weight is 220 g/mol. The van der Waals surface area contributed by atoms with Gasteiger partial charge in [-0.05, 0) is 47.0 Å². The maximum absolute atomic E-state index is 13.5. The second-order valence-electron chi connectivity index (χ2n) is 4.00. The number of halogens is 1. The van der Waals surface area contributed by atoms with E-state index in [1.807, 2.05) is 13.8 Å². The summed E-state index contributed by atoms with van der Waals surface area (Å²) in [7, 11) is 0. The van der Waals surface area contributed by atoms with E-state index in [4.69, 9.17) is 0 Å². The summed E-state index contributed by atoms with van der Waals surface area (Å²) >= 11 is 0. The molecular formula is C11H13FN4. The second-order valence-corrected chi connectivity index (χ2v) is 4.00. The lowest BCUT2D eigenvalue weighted by Gasteiger charge is -2.09. The molecule has 0 atom stereocenters. The first kappa shape index (κ1) is 10.7. The Morgan fingerprint density at radius 2 is 2.06 bits per heavy atom. The van der Waals surface area contributed by atoms with Crippen molar-refractivity contribution in [2.75, 3.05) is 0 Å². The zero-order chi connectivity index (χ0) is 11.7. The van der Waals surface area contributed by atoms with Gasteiger partial charge >= 0.3 is 0 Å². The molecule has 1 heterocycles. The van der Waals surface area contributed by atoms with Crippen molar-refractivity contribution in [1.82, 2.24) is 20.2 Å². The van der Waals surface area contributed by atoms with E-state index in [0.717, 1.165) is 5.69 Å². The molecule has 0 unspecified atom stereocenters. The van der Waals surface area contributed by atoms with E-state index in [-0.39, 0.29) is 11.7 Å². The van der Waals surface area contributed by atoms with E-state index in [2.05, 4.69) is 15.5 Å². The van der Waals surface area contributed by atoms with Gasteiger partial charge in [-0.25, -0.2) is 4.39 Å². The summed E-state index contributed by atoms with van der Waals surface area (Å²) in [4.78, 5) is 0. The number of benzene rings is 1. The molecule has 2 rings (SSSR count). The van der Waals surface area contributed by atoms with Crippen molar-refractivity contribution in [3.05, 3.63) is 35.4 Å². The lowest BCUT2D eigenvalue weighted by Crippen LogP contribution is -2.02. The molecule has 0 fully saturated rings. The van der Waals surface area contributed by atoms with Crippen LogP contribution in [0.3, 0.4) is 0 Å². The fourth-order valence-electron chi connectivity index (χ4n) is 1.58. The summed E-state index contributed by atoms with van der Waals surface area (Å²) in [6.45, 7) is 5.71. The number of aryl methyl sites for hydroxylation is 1. The zero-order valence-electron chi connectivity index (χ0n) is 9.48. The Labute approximate surface area is 93.1 Å². The first-order valence-corrected chi connectivity index (χ1v) is 5.14. The minimum atomic E-state index is -0.190. The zero-order valence-corrected chi connectivity index (χ0v) is 9.48. The van der Waals surface area contributed by atoms with Crippen LogP contribution in [0.2, 0.25) is 0 Å². The second kappa shape index (κ2) is 4.00. The third-order valence-electron chi connectivity index (χ3n) is 2.47. The molecule has 0 aliphatic rings. The van der Waals surface area contributed by atoms with E-state index in [1.54, 1.807) is 23.7 Å². The minimum absolute atomic E-state index is 0.136. The van der Waals surface area contributed by atoms with Gasteiger partial charge in [0.1, 0.15) is 5.82 Å². The van der Waals surface area contributed by atoms with Crippen LogP contribution >= 0.6 is 0 Å². The smallest absolute Gasteiger partial charge is 0.153 e. The summed E-state index contributed by atoms with van der Waals surface area (Å²) in [5, 5.41) is 11.2. The van der Waals surface area contributed by atoms with Crippen LogP contribution in [0.4, 0.5) is 4.39 Å². The van der Waals surface area contributed by atoms with Crippen LogP contribution in [-0.4, -0.2) is 20.2 Å². The van der Waals surface area contributed by atoms with E-state index in [0.29, 0.717) is 11.4 Å². The molecule has 2 aromatic rings. The van der Waals surface area contributed by atoms with E-state index in [9.17, 15) is 4.39 Å². The van der Waals surface area contributed by atoms with Crippen molar-refractivity contribution in [2.24, 2.45) is 0 Å². The van der Waals surface area contributed by atoms with Crippen molar-refractivity contribution in [2.45, 2.75) is 26.7 Å². The van der Waals surface area contributed by atoms with Gasteiger partial charge in [-0.3, -0.25) is 0 Å². The Morgan fingerprint density at radius 1 is 1.31 bits per heavy atom. The molecule has 5 heteroatoms. The molecule has 0 amide bonds. The number of nitrogens with zero attached hydrogens (tertiary/aromatic N) is 4. The van der Waals surface area contributed by atoms with Gasteiger partial charge in [-0.2, -0.15) is 4.68 Å². The van der Waals surface area contributed by atoms with Crippen LogP contribution in [0.5, 0.6) is 0 Å². The first-order chi connectivity index (χ1) is 7.59. The summed E-state index contributed by atoms with van der Waals surface area (Å²) in [5.41, 5.74) is 1.46. The van der Waals surface area contributed by atoms with Crippen molar-refractivity contribution in [3.8, 4) is 5.69 Å². The highest BCUT2D eigenvalue weighted by molar-refractivity contribution is 5.37. The maximum atomic E-state index is 13.5. The summed E-state index contributed by atoms with van der Waals surface area (Å²) in [6.07, 6.45) is 0. The number of hydrogen-bond acceptors (Lipinski definition) is 3. The van der Waals surface area contributed by atoms with E-state index < -0.39 is 0 Å². The molecule has 0 spiro atoms. The lowest BCUT2D eigenvalue weighted by molar-refractivity contribution is 0.596. The predicted molar refractivity (Wildman–Crippen MR) is 57.9 cm³/mol. The Bertz CT molecular complexity index is 504. The molecule has 1 aromatic carbocycles. The van der Waals surface area contributed by atoms with Crippen LogP contribution in [0.25, 0.3) is 5.69 Å². The number of hydrogen-bond donors (Lipinski definition) is 0. The Hall–Kier alpha value is -1.78. The molecule has 1 aromatic heterocycles. The van der Waals surface area contributed by atoms with Crippen LogP contribution in [0.15, 0.2) is 18.2 Å². The molecule has 0 saturated carbocycles. The highest BCUT2D eigenvalue weighted by atomic mass is 19.1. The van der Waals surface area contributed by atoms with Gasteiger partial charge < -0.3 is 0 Å². The Morgan fingerprint density at radius 3 is 2.62 bits per heavy atom. The third kappa shape index (κ3) is 1.80. The first-order valence-electron chi connectivity index (χ1n) is 5.14. The van der Waals surface area contributed by atoms with Gasteiger partial charge in [-0.1, -0.05) is 13.8 Å². The van der Waals surface area contributed by atoms with Crippen molar-refractivity contribution >= 4 is 0 Å². The van der Waals surface area contributed by atoms with E-state index >= 15 is 0 Å². The molecule has 0 bridgehead atoms. The monoisotopic (exact) mass is 220 g/mol. The molecule has 0 radical (unpaired) electrons. The summed E-state index contributed by atoms with van der Waals surface area (Å²) in [5.74, 6) is 0.627. The van der Waals surface area contributed by atoms with Crippen molar-refractivity contribution in [1.29, 1.82) is 0 Å². The van der Waals surface area contributed by atoms with E-state index in [1.165, 1.54) is 6.07 Å². The molecule has 0 aliphatic heterocycles. The highest BCUT2D eigenvalue weighted by Crippen LogP contribution is 2.21. The fourth-order valence-corrected chi connectivity index (χ4v) is 1.58. The topological polar surface area (TPSA) is 43.6 Å². The van der Waals surface area contributed by atoms with Crippen molar-refractivity contribution in [3.63, 3.8) is 0 Å². The maximum Gasteiger partial charge on any atom is 0.153 e. The van der Waals surface area contributed by atoms with Gasteiger partial charge in [-0.15, -0.1) is 5.10 Å². The van der Waals surface area contributed by atoms with Crippen LogP contribution < -0.4 is 0 Å². The molecule has 84 valence electrons. The van der Waals surface area contributed by atoms with Gasteiger partial charge in [0.25, 0.3) is 0 Å². The quantitative estimate of drug-likeness (QED) is 0.779. The molecular weight excluding hydrogens is 207 g/mol. The molecule has 0 saturated heterocycles. The summed E-state index contributed by atoms with van der Waals surface area (Å²) in [6, 6.07) is 4.90. The lowest BCUT2D eigenvalue weighted by atomic mass is 10.0. The van der Waals surface area contributed by atoms with Crippen LogP contribution in [0.1, 0.15) is 31.2 Å². The standard InChI is InChI=1S/C11H13FN4/c1-7(2)10-6-9(4-5-11(10)12)16-8(3)13-14-15-16/h4-7H,1-3H3. The van der Waals surface area contributed by atoms with Gasteiger partial charge in [0.15, 0.2) is 5.82 Å². The number of tetrazole rings is 1. The predicted octanol–water partition coefficient (Wildman–Crippen LogP) is 2.23. The largest absolute Gasteiger partial charge is 0.207 e. The Balaban J connectivity index is 2.52. The van der Waals surface area contributed by atoms with Gasteiger partial charge in [0, 0.05) is 0 Å². The number of aromatic nitrogens is 4. The minimum Gasteiger partial charge on any atom is -0.207 e. The molecule has 0 N–H and O–H groups in total. The highest BCUT2D eigenvalue weighted by Gasteiger charge is 2.10. The molecule has 4 nitrogen and oxygen atoms in total. The normalized spacial score (nSPS) is 11.1. The van der Waals surface area contributed by atoms with Crippen LogP contribution in [-0.2, 0) is 0 Å². The van der Waals surface area contributed by atoms with Crippen LogP contribution in [0, 0.1) is 12.7 Å².